The van der Waals surface area contributed by atoms with Gasteiger partial charge in [0.15, 0.2) is 0 Å². The van der Waals surface area contributed by atoms with Crippen molar-refractivity contribution >= 4 is 28.2 Å². The fourth-order valence-corrected chi connectivity index (χ4v) is 1.56. The van der Waals surface area contributed by atoms with Gasteiger partial charge in [0, 0.05) is 9.09 Å². The van der Waals surface area contributed by atoms with Crippen molar-refractivity contribution in [3.8, 4) is 0 Å². The predicted molar refractivity (Wildman–Crippen MR) is 50.5 cm³/mol. The Kier molecular flexibility index (Phi) is 3.02. The highest BCUT2D eigenvalue weighted by molar-refractivity contribution is 8.23. The van der Waals surface area contributed by atoms with E-state index in [0.717, 1.165) is 9.09 Å². The zero-order valence-electron chi connectivity index (χ0n) is 6.00. The Labute approximate surface area is 74.8 Å². The second kappa shape index (κ2) is 3.83. The lowest BCUT2D eigenvalue weighted by molar-refractivity contribution is 0.626. The summed E-state index contributed by atoms with van der Waals surface area (Å²) in [4.78, 5) is 0.985. The number of thiocarbonyl (C=S) groups is 1. The van der Waals surface area contributed by atoms with Crippen molar-refractivity contribution in [2.75, 3.05) is 0 Å². The molecule has 0 heterocycles. The predicted octanol–water partition coefficient (Wildman–Crippen LogP) is 3.27. The molecule has 0 aliphatic carbocycles. The van der Waals surface area contributed by atoms with Gasteiger partial charge in [-0.1, -0.05) is 24.0 Å². The van der Waals surface area contributed by atoms with E-state index in [1.807, 2.05) is 6.92 Å². The minimum Gasteiger partial charge on any atom is -0.207 e. The van der Waals surface area contributed by atoms with Gasteiger partial charge < -0.3 is 0 Å². The highest BCUT2D eigenvalue weighted by atomic mass is 32.2. The molecule has 0 bridgehead atoms. The van der Waals surface area contributed by atoms with Crippen molar-refractivity contribution in [1.82, 2.24) is 0 Å². The Morgan fingerprint density at radius 1 is 1.36 bits per heavy atom. The summed E-state index contributed by atoms with van der Waals surface area (Å²) in [6, 6.07) is 6.30. The number of rotatable bonds is 1. The maximum atomic E-state index is 12.4. The average Bonchev–Trinajstić information content (AvgIpc) is 1.93. The molecule has 0 aromatic heterocycles. The highest BCUT2D eigenvalue weighted by Crippen LogP contribution is 2.19. The van der Waals surface area contributed by atoms with E-state index < -0.39 is 0 Å². The van der Waals surface area contributed by atoms with E-state index in [1.165, 1.54) is 23.9 Å². The molecule has 1 aromatic carbocycles. The maximum Gasteiger partial charge on any atom is 0.123 e. The van der Waals surface area contributed by atoms with Crippen LogP contribution in [0.25, 0.3) is 0 Å². The van der Waals surface area contributed by atoms with Gasteiger partial charge in [0.2, 0.25) is 0 Å². The van der Waals surface area contributed by atoms with Crippen LogP contribution in [0.15, 0.2) is 29.2 Å². The van der Waals surface area contributed by atoms with Gasteiger partial charge in [-0.3, -0.25) is 0 Å². The summed E-state index contributed by atoms with van der Waals surface area (Å²) in [5, 5.41) is 0. The molecule has 3 heteroatoms. The summed E-state index contributed by atoms with van der Waals surface area (Å²) >= 11 is 6.35. The first-order valence-electron chi connectivity index (χ1n) is 3.12. The molecule has 0 aliphatic rings. The second-order valence-corrected chi connectivity index (χ2v) is 4.21. The van der Waals surface area contributed by atoms with Gasteiger partial charge in [-0.15, -0.1) is 0 Å². The van der Waals surface area contributed by atoms with Crippen LogP contribution in [0.4, 0.5) is 4.39 Å². The minimum atomic E-state index is -0.212. The van der Waals surface area contributed by atoms with Crippen molar-refractivity contribution in [1.29, 1.82) is 0 Å². The topological polar surface area (TPSA) is 0 Å². The van der Waals surface area contributed by atoms with Crippen LogP contribution >= 0.6 is 24.0 Å². The lowest BCUT2D eigenvalue weighted by Gasteiger charge is -1.96. The van der Waals surface area contributed by atoms with Gasteiger partial charge in [0.05, 0.1) is 0 Å². The van der Waals surface area contributed by atoms with Crippen LogP contribution in [0, 0.1) is 5.82 Å². The van der Waals surface area contributed by atoms with E-state index in [9.17, 15) is 4.39 Å². The number of benzene rings is 1. The van der Waals surface area contributed by atoms with Gasteiger partial charge in [0.1, 0.15) is 5.82 Å². The van der Waals surface area contributed by atoms with E-state index in [-0.39, 0.29) is 5.82 Å². The fraction of sp³-hybridized carbons (Fsp3) is 0.125. The van der Waals surface area contributed by atoms with Crippen molar-refractivity contribution in [3.05, 3.63) is 30.1 Å². The molecule has 0 N–H and O–H groups in total. The van der Waals surface area contributed by atoms with Crippen LogP contribution in [0.5, 0.6) is 0 Å². The number of hydrogen-bond donors (Lipinski definition) is 0. The van der Waals surface area contributed by atoms with E-state index in [2.05, 4.69) is 0 Å². The summed E-state index contributed by atoms with van der Waals surface area (Å²) in [6.45, 7) is 1.85. The van der Waals surface area contributed by atoms with Crippen molar-refractivity contribution in [2.45, 2.75) is 11.8 Å². The highest BCUT2D eigenvalue weighted by Gasteiger charge is 1.94. The first kappa shape index (κ1) is 8.68. The van der Waals surface area contributed by atoms with Gasteiger partial charge >= 0.3 is 0 Å². The molecule has 0 nitrogen and oxygen atoms in total. The molecule has 0 atom stereocenters. The number of halogens is 1. The molecule has 0 spiro atoms. The third-order valence-corrected chi connectivity index (χ3v) is 2.12. The molecular formula is C8H7FS2. The molecule has 0 saturated carbocycles. The molecule has 0 amide bonds. The van der Waals surface area contributed by atoms with Gasteiger partial charge in [0.25, 0.3) is 0 Å². The summed E-state index contributed by atoms with van der Waals surface area (Å²) < 4.78 is 13.2. The number of hydrogen-bond acceptors (Lipinski definition) is 2. The van der Waals surface area contributed by atoms with Gasteiger partial charge in [-0.25, -0.2) is 4.39 Å². The van der Waals surface area contributed by atoms with E-state index in [4.69, 9.17) is 12.2 Å². The lowest BCUT2D eigenvalue weighted by atomic mass is 10.4. The maximum absolute atomic E-state index is 12.4. The Bertz CT molecular complexity index is 253. The molecule has 0 unspecified atom stereocenters. The normalized spacial score (nSPS) is 9.64. The van der Waals surface area contributed by atoms with Crippen LogP contribution < -0.4 is 0 Å². The SMILES string of the molecule is CC(=S)Sc1ccc(F)cc1. The quantitative estimate of drug-likeness (QED) is 0.487. The standard InChI is InChI=1S/C8H7FS2/c1-6(10)11-8-4-2-7(9)3-5-8/h2-5H,1H3. The zero-order chi connectivity index (χ0) is 8.27. The molecule has 0 saturated heterocycles. The van der Waals surface area contributed by atoms with E-state index in [1.54, 1.807) is 12.1 Å². The van der Waals surface area contributed by atoms with E-state index in [0.29, 0.717) is 0 Å². The molecular weight excluding hydrogens is 179 g/mol. The zero-order valence-corrected chi connectivity index (χ0v) is 7.64. The van der Waals surface area contributed by atoms with Gasteiger partial charge in [-0.2, -0.15) is 0 Å². The third kappa shape index (κ3) is 2.99. The Balaban J connectivity index is 2.74. The first-order valence-corrected chi connectivity index (χ1v) is 4.35. The molecule has 1 aromatic rings. The monoisotopic (exact) mass is 186 g/mol. The van der Waals surface area contributed by atoms with Gasteiger partial charge in [-0.05, 0) is 31.2 Å². The van der Waals surface area contributed by atoms with Crippen LogP contribution in [-0.4, -0.2) is 4.20 Å². The van der Waals surface area contributed by atoms with Crippen molar-refractivity contribution < 1.29 is 4.39 Å². The number of thioether (sulfide) groups is 1. The molecule has 0 radical (unpaired) electrons. The molecule has 11 heavy (non-hydrogen) atoms. The molecule has 58 valence electrons. The molecule has 0 aliphatic heterocycles. The average molecular weight is 186 g/mol. The Morgan fingerprint density at radius 3 is 2.36 bits per heavy atom. The van der Waals surface area contributed by atoms with Crippen LogP contribution in [0.3, 0.4) is 0 Å². The minimum absolute atomic E-state index is 0.212. The summed E-state index contributed by atoms with van der Waals surface area (Å²) in [5.74, 6) is -0.212. The second-order valence-electron chi connectivity index (χ2n) is 2.05. The van der Waals surface area contributed by atoms with Crippen molar-refractivity contribution in [2.24, 2.45) is 0 Å². The Hall–Kier alpha value is -0.410. The summed E-state index contributed by atoms with van der Waals surface area (Å²) in [5.41, 5.74) is 0. The van der Waals surface area contributed by atoms with E-state index >= 15 is 0 Å². The largest absolute Gasteiger partial charge is 0.207 e. The smallest absolute Gasteiger partial charge is 0.123 e. The summed E-state index contributed by atoms with van der Waals surface area (Å²) in [7, 11) is 0. The van der Waals surface area contributed by atoms with Crippen LogP contribution in [0.1, 0.15) is 6.92 Å². The first-order chi connectivity index (χ1) is 5.18. The molecule has 1 rings (SSSR count). The lowest BCUT2D eigenvalue weighted by Crippen LogP contribution is -1.78. The van der Waals surface area contributed by atoms with Crippen LogP contribution in [0.2, 0.25) is 0 Å². The van der Waals surface area contributed by atoms with Crippen LogP contribution in [-0.2, 0) is 0 Å². The third-order valence-electron chi connectivity index (χ3n) is 1.08. The Morgan fingerprint density at radius 2 is 1.91 bits per heavy atom. The fourth-order valence-electron chi connectivity index (χ4n) is 0.669. The molecule has 0 fully saturated rings. The summed E-state index contributed by atoms with van der Waals surface area (Å²) in [6.07, 6.45) is 0. The van der Waals surface area contributed by atoms with Crippen molar-refractivity contribution in [3.63, 3.8) is 0 Å².